The van der Waals surface area contributed by atoms with Gasteiger partial charge in [0.05, 0.1) is 7.57 Å². The van der Waals surface area contributed by atoms with E-state index in [9.17, 15) is 0 Å². The van der Waals surface area contributed by atoms with E-state index in [1.807, 2.05) is 0 Å². The minimum atomic E-state index is 1.16. The first-order valence-electron chi connectivity index (χ1n) is 6.66. The van der Waals surface area contributed by atoms with E-state index in [-0.39, 0.29) is 0 Å². The fourth-order valence-electron chi connectivity index (χ4n) is 1.91. The molecule has 0 spiro atoms. The lowest BCUT2D eigenvalue weighted by atomic mass is 10.1. The third-order valence-corrected chi connectivity index (χ3v) is 6.18. The molecule has 0 aliphatic rings. The molecule has 0 fully saturated rings. The zero-order valence-electron chi connectivity index (χ0n) is 11.5. The van der Waals surface area contributed by atoms with Crippen LogP contribution in [-0.4, -0.2) is 0 Å². The molecule has 0 N–H and O–H groups in total. The van der Waals surface area contributed by atoms with Crippen molar-refractivity contribution < 1.29 is 0 Å². The molecule has 1 aromatic carbocycles. The van der Waals surface area contributed by atoms with E-state index in [0.29, 0.717) is 0 Å². The molecule has 0 bridgehead atoms. The van der Waals surface area contributed by atoms with Crippen LogP contribution in [0.3, 0.4) is 0 Å². The van der Waals surface area contributed by atoms with Gasteiger partial charge in [-0.1, -0.05) is 36.4 Å². The van der Waals surface area contributed by atoms with Crippen LogP contribution >= 0.6 is 54.5 Å². The van der Waals surface area contributed by atoms with Crippen molar-refractivity contribution in [2.24, 2.45) is 0 Å². The summed E-state index contributed by atoms with van der Waals surface area (Å²) in [6, 6.07) is 16.9. The second kappa shape index (κ2) is 7.55. The fourth-order valence-corrected chi connectivity index (χ4v) is 4.56. The molecular weight excluding hydrogens is 440 g/mol. The molecule has 0 aliphatic heterocycles. The summed E-state index contributed by atoms with van der Waals surface area (Å²) in [6.45, 7) is 0. The number of hydrogen-bond donors (Lipinski definition) is 0. The Hall–Kier alpha value is -0.940. The Balaban J connectivity index is 1.67. The molecule has 0 nitrogen and oxygen atoms in total. The fraction of sp³-hybridized carbons (Fsp3) is 0. The molecule has 0 aliphatic carbocycles. The highest BCUT2D eigenvalue weighted by atomic mass is 79.9. The van der Waals surface area contributed by atoms with Crippen LogP contribution in [-0.2, 0) is 0 Å². The van der Waals surface area contributed by atoms with Gasteiger partial charge in [-0.2, -0.15) is 0 Å². The standard InChI is InChI=1S/C18H12Br2S2/c19-17-11-9-15(21-17)7-5-13-1-2-14(4-3-13)6-8-16-10-12-18(20)22-16/h1-12H. The largest absolute Gasteiger partial charge is 0.129 e. The van der Waals surface area contributed by atoms with E-state index in [4.69, 9.17) is 0 Å². The molecule has 3 rings (SSSR count). The number of rotatable bonds is 4. The average Bonchev–Trinajstić information content (AvgIpc) is 3.12. The van der Waals surface area contributed by atoms with Crippen LogP contribution in [0, 0.1) is 0 Å². The quantitative estimate of drug-likeness (QED) is 0.381. The van der Waals surface area contributed by atoms with Crippen molar-refractivity contribution in [2.45, 2.75) is 0 Å². The number of halogens is 2. The Labute approximate surface area is 155 Å². The van der Waals surface area contributed by atoms with Gasteiger partial charge in [-0.25, -0.2) is 0 Å². The topological polar surface area (TPSA) is 0 Å². The maximum atomic E-state index is 3.48. The maximum absolute atomic E-state index is 3.48. The number of thiophene rings is 2. The first kappa shape index (κ1) is 15.9. The molecule has 2 heterocycles. The summed E-state index contributed by atoms with van der Waals surface area (Å²) in [5.74, 6) is 0. The molecule has 110 valence electrons. The first-order valence-corrected chi connectivity index (χ1v) is 9.88. The molecule has 0 saturated heterocycles. The van der Waals surface area contributed by atoms with E-state index in [1.165, 1.54) is 20.9 Å². The van der Waals surface area contributed by atoms with Crippen molar-refractivity contribution >= 4 is 78.8 Å². The zero-order valence-corrected chi connectivity index (χ0v) is 16.3. The van der Waals surface area contributed by atoms with Crippen LogP contribution in [0.5, 0.6) is 0 Å². The van der Waals surface area contributed by atoms with Gasteiger partial charge in [0.25, 0.3) is 0 Å². The van der Waals surface area contributed by atoms with Crippen molar-refractivity contribution in [3.8, 4) is 0 Å². The van der Waals surface area contributed by atoms with Crippen LogP contribution in [0.2, 0.25) is 0 Å². The number of benzene rings is 1. The van der Waals surface area contributed by atoms with Crippen molar-refractivity contribution in [1.29, 1.82) is 0 Å². The summed E-state index contributed by atoms with van der Waals surface area (Å²) in [4.78, 5) is 2.50. The van der Waals surface area contributed by atoms with E-state index < -0.39 is 0 Å². The monoisotopic (exact) mass is 450 g/mol. The Morgan fingerprint density at radius 3 is 1.27 bits per heavy atom. The first-order chi connectivity index (χ1) is 10.7. The van der Waals surface area contributed by atoms with Crippen molar-refractivity contribution in [2.75, 3.05) is 0 Å². The van der Waals surface area contributed by atoms with Gasteiger partial charge in [0.1, 0.15) is 0 Å². The minimum Gasteiger partial charge on any atom is -0.129 e. The van der Waals surface area contributed by atoms with Gasteiger partial charge in [-0.3, -0.25) is 0 Å². The normalized spacial score (nSPS) is 11.7. The lowest BCUT2D eigenvalue weighted by Crippen LogP contribution is -1.74. The number of hydrogen-bond acceptors (Lipinski definition) is 2. The molecule has 0 saturated carbocycles. The highest BCUT2D eigenvalue weighted by molar-refractivity contribution is 9.11. The average molecular weight is 452 g/mol. The van der Waals surface area contributed by atoms with Gasteiger partial charge in [0.2, 0.25) is 0 Å². The van der Waals surface area contributed by atoms with Gasteiger partial charge >= 0.3 is 0 Å². The van der Waals surface area contributed by atoms with E-state index >= 15 is 0 Å². The van der Waals surface area contributed by atoms with Gasteiger partial charge in [-0.15, -0.1) is 22.7 Å². The van der Waals surface area contributed by atoms with E-state index in [0.717, 1.165) is 7.57 Å². The Morgan fingerprint density at radius 1 is 0.545 bits per heavy atom. The lowest BCUT2D eigenvalue weighted by Gasteiger charge is -1.96. The summed E-state index contributed by atoms with van der Waals surface area (Å²) in [7, 11) is 0. The van der Waals surface area contributed by atoms with Crippen LogP contribution in [0.15, 0.2) is 56.1 Å². The molecule has 0 radical (unpaired) electrons. The van der Waals surface area contributed by atoms with Gasteiger partial charge in [-0.05, 0) is 79.4 Å². The zero-order chi connectivity index (χ0) is 15.4. The van der Waals surface area contributed by atoms with Crippen LogP contribution < -0.4 is 0 Å². The molecule has 0 unspecified atom stereocenters. The van der Waals surface area contributed by atoms with E-state index in [1.54, 1.807) is 22.7 Å². The Bertz CT molecular complexity index is 738. The highest BCUT2D eigenvalue weighted by Crippen LogP contribution is 2.25. The second-order valence-electron chi connectivity index (χ2n) is 4.62. The van der Waals surface area contributed by atoms with Crippen molar-refractivity contribution in [3.05, 3.63) is 77.0 Å². The molecule has 4 heteroatoms. The predicted octanol–water partition coefficient (Wildman–Crippen LogP) is 7.68. The molecule has 3 aromatic rings. The Morgan fingerprint density at radius 2 is 0.955 bits per heavy atom. The molecule has 2 aromatic heterocycles. The summed E-state index contributed by atoms with van der Waals surface area (Å²) < 4.78 is 2.32. The summed E-state index contributed by atoms with van der Waals surface area (Å²) in [5, 5.41) is 0. The predicted molar refractivity (Wildman–Crippen MR) is 108 cm³/mol. The van der Waals surface area contributed by atoms with Gasteiger partial charge in [0.15, 0.2) is 0 Å². The summed E-state index contributed by atoms with van der Waals surface area (Å²) >= 11 is 10.4. The summed E-state index contributed by atoms with van der Waals surface area (Å²) in [5.41, 5.74) is 2.42. The smallest absolute Gasteiger partial charge is 0.0704 e. The third-order valence-electron chi connectivity index (χ3n) is 3.00. The van der Waals surface area contributed by atoms with Crippen molar-refractivity contribution in [1.82, 2.24) is 0 Å². The lowest BCUT2D eigenvalue weighted by molar-refractivity contribution is 1.63. The van der Waals surface area contributed by atoms with Gasteiger partial charge in [0, 0.05) is 9.75 Å². The van der Waals surface area contributed by atoms with Gasteiger partial charge < -0.3 is 0 Å². The Kier molecular flexibility index (Phi) is 5.47. The van der Waals surface area contributed by atoms with E-state index in [2.05, 4.69) is 105 Å². The third kappa shape index (κ3) is 4.53. The molecule has 0 atom stereocenters. The van der Waals surface area contributed by atoms with Crippen molar-refractivity contribution in [3.63, 3.8) is 0 Å². The van der Waals surface area contributed by atoms with Crippen LogP contribution in [0.25, 0.3) is 24.3 Å². The molecule has 22 heavy (non-hydrogen) atoms. The second-order valence-corrected chi connectivity index (χ2v) is 9.61. The van der Waals surface area contributed by atoms with Crippen LogP contribution in [0.4, 0.5) is 0 Å². The minimum absolute atomic E-state index is 1.16. The SMILES string of the molecule is Brc1ccc(C=Cc2ccc(C=Cc3ccc(Br)s3)cc2)s1. The molecule has 0 amide bonds. The maximum Gasteiger partial charge on any atom is 0.0704 e. The highest BCUT2D eigenvalue weighted by Gasteiger charge is 1.95. The van der Waals surface area contributed by atoms with Crippen LogP contribution in [0.1, 0.15) is 20.9 Å². The summed E-state index contributed by atoms with van der Waals surface area (Å²) in [6.07, 6.45) is 8.57. The molecular formula is C18H12Br2S2.